The smallest absolute Gasteiger partial charge is 0.258 e. The molecule has 0 saturated carbocycles. The number of benzene rings is 2. The molecule has 0 bridgehead atoms. The summed E-state index contributed by atoms with van der Waals surface area (Å²) in [7, 11) is 1.70. The molecule has 0 spiro atoms. The second kappa shape index (κ2) is 5.00. The molecule has 1 amide bonds. The van der Waals surface area contributed by atoms with Crippen molar-refractivity contribution in [1.82, 2.24) is 0 Å². The Labute approximate surface area is 106 Å². The zero-order valence-electron chi connectivity index (χ0n) is 10.4. The van der Waals surface area contributed by atoms with Crippen LogP contribution in [0.5, 0.6) is 0 Å². The molecular weight excluding hydrogens is 229 g/mol. The third-order valence-corrected chi connectivity index (χ3v) is 2.82. The largest absolute Gasteiger partial charge is 0.311 e. The van der Waals surface area contributed by atoms with Crippen LogP contribution in [0.15, 0.2) is 48.5 Å². The molecule has 2 rings (SSSR count). The summed E-state index contributed by atoms with van der Waals surface area (Å²) in [6.45, 7) is 1.99. The lowest BCUT2D eigenvalue weighted by atomic mass is 10.1. The molecular formula is C15H14FNO. The van der Waals surface area contributed by atoms with Gasteiger partial charge in [0.1, 0.15) is 5.82 Å². The van der Waals surface area contributed by atoms with Crippen molar-refractivity contribution >= 4 is 11.6 Å². The molecule has 0 aliphatic carbocycles. The van der Waals surface area contributed by atoms with Crippen molar-refractivity contribution < 1.29 is 9.18 Å². The van der Waals surface area contributed by atoms with Crippen LogP contribution >= 0.6 is 0 Å². The van der Waals surface area contributed by atoms with Crippen LogP contribution in [0.25, 0.3) is 0 Å². The monoisotopic (exact) mass is 243 g/mol. The fourth-order valence-electron chi connectivity index (χ4n) is 1.67. The lowest BCUT2D eigenvalue weighted by Gasteiger charge is -2.17. The molecule has 0 saturated heterocycles. The van der Waals surface area contributed by atoms with Crippen molar-refractivity contribution in [2.75, 3.05) is 11.9 Å². The summed E-state index contributed by atoms with van der Waals surface area (Å²) in [5.74, 6) is -0.497. The first kappa shape index (κ1) is 12.3. The van der Waals surface area contributed by atoms with Gasteiger partial charge < -0.3 is 4.90 Å². The molecule has 0 fully saturated rings. The molecule has 0 N–H and O–H groups in total. The third-order valence-electron chi connectivity index (χ3n) is 2.82. The predicted molar refractivity (Wildman–Crippen MR) is 70.3 cm³/mol. The number of anilines is 1. The van der Waals surface area contributed by atoms with Gasteiger partial charge in [-0.25, -0.2) is 4.39 Å². The molecule has 0 aliphatic heterocycles. The van der Waals surface area contributed by atoms with Crippen LogP contribution in [0.1, 0.15) is 15.9 Å². The maximum Gasteiger partial charge on any atom is 0.258 e. The van der Waals surface area contributed by atoms with Crippen molar-refractivity contribution in [2.24, 2.45) is 0 Å². The second-order valence-corrected chi connectivity index (χ2v) is 4.21. The number of carbonyl (C=O) groups is 1. The van der Waals surface area contributed by atoms with E-state index in [9.17, 15) is 9.18 Å². The van der Waals surface area contributed by atoms with Crippen LogP contribution in [0.2, 0.25) is 0 Å². The van der Waals surface area contributed by atoms with Gasteiger partial charge in [-0.2, -0.15) is 0 Å². The van der Waals surface area contributed by atoms with Crippen LogP contribution in [-0.4, -0.2) is 13.0 Å². The molecule has 0 radical (unpaired) electrons. The number of hydrogen-bond acceptors (Lipinski definition) is 1. The summed E-state index contributed by atoms with van der Waals surface area (Å²) in [5.41, 5.74) is 2.43. The Morgan fingerprint density at radius 1 is 1.00 bits per heavy atom. The molecule has 0 heterocycles. The van der Waals surface area contributed by atoms with Gasteiger partial charge in [0.15, 0.2) is 0 Å². The molecule has 2 aromatic rings. The first-order valence-electron chi connectivity index (χ1n) is 5.68. The van der Waals surface area contributed by atoms with E-state index in [0.717, 1.165) is 11.3 Å². The van der Waals surface area contributed by atoms with Gasteiger partial charge in [-0.15, -0.1) is 0 Å². The van der Waals surface area contributed by atoms with Gasteiger partial charge in [-0.1, -0.05) is 17.7 Å². The van der Waals surface area contributed by atoms with E-state index in [1.165, 1.54) is 24.3 Å². The Morgan fingerprint density at radius 2 is 1.56 bits per heavy atom. The predicted octanol–water partition coefficient (Wildman–Crippen LogP) is 3.41. The number of nitrogens with zero attached hydrogens (tertiary/aromatic N) is 1. The SMILES string of the molecule is Cc1ccc(N(C)C(=O)c2ccc(F)cc2)cc1. The normalized spacial score (nSPS) is 10.2. The molecule has 18 heavy (non-hydrogen) atoms. The standard InChI is InChI=1S/C15H14FNO/c1-11-3-9-14(10-4-11)17(2)15(18)12-5-7-13(16)8-6-12/h3-10H,1-2H3. The van der Waals surface area contributed by atoms with E-state index in [2.05, 4.69) is 0 Å². The van der Waals surface area contributed by atoms with Crippen molar-refractivity contribution in [3.8, 4) is 0 Å². The minimum Gasteiger partial charge on any atom is -0.311 e. The third kappa shape index (κ3) is 2.56. The van der Waals surface area contributed by atoms with Crippen LogP contribution in [0.4, 0.5) is 10.1 Å². The van der Waals surface area contributed by atoms with Gasteiger partial charge in [-0.05, 0) is 43.3 Å². The molecule has 0 atom stereocenters. The Morgan fingerprint density at radius 3 is 2.11 bits per heavy atom. The van der Waals surface area contributed by atoms with Gasteiger partial charge in [0.2, 0.25) is 0 Å². The van der Waals surface area contributed by atoms with E-state index in [4.69, 9.17) is 0 Å². The van der Waals surface area contributed by atoms with Crippen LogP contribution in [0.3, 0.4) is 0 Å². The van der Waals surface area contributed by atoms with E-state index >= 15 is 0 Å². The minimum atomic E-state index is -0.343. The van der Waals surface area contributed by atoms with Gasteiger partial charge in [0, 0.05) is 18.3 Å². The molecule has 2 aromatic carbocycles. The maximum absolute atomic E-state index is 12.8. The van der Waals surface area contributed by atoms with Crippen molar-refractivity contribution in [3.05, 3.63) is 65.5 Å². The Bertz CT molecular complexity index is 546. The molecule has 0 aliphatic rings. The number of rotatable bonds is 2. The highest BCUT2D eigenvalue weighted by atomic mass is 19.1. The number of hydrogen-bond donors (Lipinski definition) is 0. The first-order chi connectivity index (χ1) is 8.58. The fourth-order valence-corrected chi connectivity index (χ4v) is 1.67. The van der Waals surface area contributed by atoms with Crippen LogP contribution < -0.4 is 4.90 Å². The molecule has 2 nitrogen and oxygen atoms in total. The summed E-state index contributed by atoms with van der Waals surface area (Å²) in [4.78, 5) is 13.7. The van der Waals surface area contributed by atoms with Crippen LogP contribution in [0, 0.1) is 12.7 Å². The van der Waals surface area contributed by atoms with E-state index in [1.54, 1.807) is 11.9 Å². The number of carbonyl (C=O) groups excluding carboxylic acids is 1. The van der Waals surface area contributed by atoms with Crippen molar-refractivity contribution in [3.63, 3.8) is 0 Å². The highest BCUT2D eigenvalue weighted by molar-refractivity contribution is 6.05. The summed E-state index contributed by atoms with van der Waals surface area (Å²) >= 11 is 0. The van der Waals surface area contributed by atoms with Gasteiger partial charge in [0.05, 0.1) is 0 Å². The lowest BCUT2D eigenvalue weighted by Crippen LogP contribution is -2.26. The highest BCUT2D eigenvalue weighted by Gasteiger charge is 2.12. The topological polar surface area (TPSA) is 20.3 Å². The zero-order valence-corrected chi connectivity index (χ0v) is 10.4. The maximum atomic E-state index is 12.8. The number of amides is 1. The molecule has 0 unspecified atom stereocenters. The fraction of sp³-hybridized carbons (Fsp3) is 0.133. The van der Waals surface area contributed by atoms with E-state index in [0.29, 0.717) is 5.56 Å². The molecule has 3 heteroatoms. The molecule has 0 aromatic heterocycles. The highest BCUT2D eigenvalue weighted by Crippen LogP contribution is 2.16. The average molecular weight is 243 g/mol. The lowest BCUT2D eigenvalue weighted by molar-refractivity contribution is 0.0993. The Hall–Kier alpha value is -2.16. The van der Waals surface area contributed by atoms with E-state index in [1.807, 2.05) is 31.2 Å². The van der Waals surface area contributed by atoms with E-state index in [-0.39, 0.29) is 11.7 Å². The zero-order chi connectivity index (χ0) is 13.1. The number of aryl methyl sites for hydroxylation is 1. The van der Waals surface area contributed by atoms with Gasteiger partial charge in [0.25, 0.3) is 5.91 Å². The molecule has 92 valence electrons. The van der Waals surface area contributed by atoms with Crippen molar-refractivity contribution in [1.29, 1.82) is 0 Å². The van der Waals surface area contributed by atoms with Gasteiger partial charge in [-0.3, -0.25) is 4.79 Å². The van der Waals surface area contributed by atoms with E-state index < -0.39 is 0 Å². The quantitative estimate of drug-likeness (QED) is 0.791. The summed E-state index contributed by atoms with van der Waals surface area (Å²) < 4.78 is 12.8. The summed E-state index contributed by atoms with van der Waals surface area (Å²) in [6, 6.07) is 13.2. The summed E-state index contributed by atoms with van der Waals surface area (Å²) in [6.07, 6.45) is 0. The first-order valence-corrected chi connectivity index (χ1v) is 5.68. The number of halogens is 1. The van der Waals surface area contributed by atoms with Gasteiger partial charge >= 0.3 is 0 Å². The second-order valence-electron chi connectivity index (χ2n) is 4.21. The van der Waals surface area contributed by atoms with Crippen LogP contribution in [-0.2, 0) is 0 Å². The van der Waals surface area contributed by atoms with Crippen molar-refractivity contribution in [2.45, 2.75) is 6.92 Å². The Kier molecular flexibility index (Phi) is 3.42. The minimum absolute atomic E-state index is 0.154. The summed E-state index contributed by atoms with van der Waals surface area (Å²) in [5, 5.41) is 0. The average Bonchev–Trinajstić information content (AvgIpc) is 2.39. The Balaban J connectivity index is 2.23.